The lowest BCUT2D eigenvalue weighted by Crippen LogP contribution is -2.41. The Hall–Kier alpha value is -1.80. The number of hydrogen-bond donors (Lipinski definition) is 2. The molecule has 26 heavy (non-hydrogen) atoms. The van der Waals surface area contributed by atoms with Gasteiger partial charge in [-0.15, -0.1) is 0 Å². The number of carboxylic acids is 1. The van der Waals surface area contributed by atoms with Crippen LogP contribution in [0.1, 0.15) is 5.56 Å². The molecule has 9 heteroatoms. The Morgan fingerprint density at radius 1 is 1.23 bits per heavy atom. The Labute approximate surface area is 160 Å². The van der Waals surface area contributed by atoms with E-state index < -0.39 is 33.9 Å². The summed E-state index contributed by atoms with van der Waals surface area (Å²) < 4.78 is 31.5. The van der Waals surface area contributed by atoms with E-state index in [1.165, 1.54) is 18.2 Å². The van der Waals surface area contributed by atoms with E-state index in [1.807, 2.05) is 24.3 Å². The molecule has 138 valence electrons. The fraction of sp³-hybridized carbons (Fsp3) is 0.235. The maximum absolute atomic E-state index is 13.1. The van der Waals surface area contributed by atoms with Crippen molar-refractivity contribution in [2.24, 2.45) is 0 Å². The number of carbonyl (C=O) groups is 1. The number of aliphatic carboxylic acids is 1. The number of hydrogen-bond acceptors (Lipinski definition) is 5. The number of rotatable bonds is 6. The summed E-state index contributed by atoms with van der Waals surface area (Å²) >= 11 is 11.8. The van der Waals surface area contributed by atoms with Crippen LogP contribution in [0, 0.1) is 0 Å². The molecular weight excluding hydrogens is 401 g/mol. The van der Waals surface area contributed by atoms with E-state index >= 15 is 0 Å². The van der Waals surface area contributed by atoms with Gasteiger partial charge in [0, 0.05) is 5.69 Å². The van der Waals surface area contributed by atoms with E-state index in [-0.39, 0.29) is 14.9 Å². The van der Waals surface area contributed by atoms with Gasteiger partial charge in [-0.1, -0.05) is 41.4 Å². The average molecular weight is 416 g/mol. The highest BCUT2D eigenvalue weighted by atomic mass is 35.5. The zero-order chi connectivity index (χ0) is 18.9. The van der Waals surface area contributed by atoms with Crippen LogP contribution in [0.15, 0.2) is 47.4 Å². The monoisotopic (exact) mass is 415 g/mol. The van der Waals surface area contributed by atoms with Crippen LogP contribution in [0.5, 0.6) is 0 Å². The van der Waals surface area contributed by atoms with E-state index in [2.05, 4.69) is 5.32 Å². The first-order chi connectivity index (χ1) is 12.3. The minimum atomic E-state index is -4.03. The van der Waals surface area contributed by atoms with Crippen LogP contribution in [0.25, 0.3) is 0 Å². The summed E-state index contributed by atoms with van der Waals surface area (Å²) in [4.78, 5) is 10.8. The van der Waals surface area contributed by atoms with E-state index in [4.69, 9.17) is 33.0 Å². The van der Waals surface area contributed by atoms with Crippen molar-refractivity contribution in [2.75, 3.05) is 11.9 Å². The molecule has 2 unspecified atom stereocenters. The van der Waals surface area contributed by atoms with Crippen molar-refractivity contribution in [3.63, 3.8) is 0 Å². The zero-order valence-corrected chi connectivity index (χ0v) is 15.7. The van der Waals surface area contributed by atoms with Crippen LogP contribution >= 0.6 is 23.2 Å². The van der Waals surface area contributed by atoms with E-state index in [0.717, 1.165) is 11.3 Å². The standard InChI is InChI=1S/C17H15Cl2NO5S/c18-12-6-5-11(8-13(12)19)26(23,24)17(25-9-16(21)22)15-7-10-3-1-2-4-14(10)20-15/h1-6,8,15,17,20H,7,9H2,(H,21,22). The summed E-state index contributed by atoms with van der Waals surface area (Å²) in [7, 11) is -4.03. The summed E-state index contributed by atoms with van der Waals surface area (Å²) in [5, 5.41) is 12.3. The number of fused-ring (bicyclic) bond motifs is 1. The summed E-state index contributed by atoms with van der Waals surface area (Å²) in [6, 6.07) is 10.7. The topological polar surface area (TPSA) is 92.7 Å². The Kier molecular flexibility index (Phi) is 5.43. The molecule has 2 aromatic rings. The van der Waals surface area contributed by atoms with Crippen LogP contribution in [0.3, 0.4) is 0 Å². The molecule has 0 fully saturated rings. The molecule has 0 aliphatic carbocycles. The van der Waals surface area contributed by atoms with Gasteiger partial charge < -0.3 is 15.2 Å². The first-order valence-corrected chi connectivity index (χ1v) is 9.96. The van der Waals surface area contributed by atoms with Gasteiger partial charge in [0.05, 0.1) is 21.0 Å². The number of halogens is 2. The number of sulfone groups is 1. The minimum absolute atomic E-state index is 0.0833. The van der Waals surface area contributed by atoms with Crippen LogP contribution in [0.2, 0.25) is 10.0 Å². The van der Waals surface area contributed by atoms with Gasteiger partial charge in [0.15, 0.2) is 5.44 Å². The molecule has 2 aromatic carbocycles. The minimum Gasteiger partial charge on any atom is -0.480 e. The molecule has 6 nitrogen and oxygen atoms in total. The number of ether oxygens (including phenoxy) is 1. The Balaban J connectivity index is 1.95. The van der Waals surface area contributed by atoms with Gasteiger partial charge in [-0.25, -0.2) is 13.2 Å². The second kappa shape index (κ2) is 7.44. The third kappa shape index (κ3) is 3.81. The molecule has 0 saturated carbocycles. The number of anilines is 1. The largest absolute Gasteiger partial charge is 0.480 e. The average Bonchev–Trinajstić information content (AvgIpc) is 3.00. The Morgan fingerprint density at radius 2 is 1.96 bits per heavy atom. The SMILES string of the molecule is O=C(O)COC(C1Cc2ccccc2N1)S(=O)(=O)c1ccc(Cl)c(Cl)c1. The summed E-state index contributed by atoms with van der Waals surface area (Å²) in [5.74, 6) is -1.25. The number of para-hydroxylation sites is 1. The maximum Gasteiger partial charge on any atom is 0.329 e. The fourth-order valence-electron chi connectivity index (χ4n) is 2.85. The second-order valence-corrected chi connectivity index (χ2v) is 8.65. The highest BCUT2D eigenvalue weighted by Gasteiger charge is 2.39. The zero-order valence-electron chi connectivity index (χ0n) is 13.4. The van der Waals surface area contributed by atoms with Crippen molar-refractivity contribution in [3.8, 4) is 0 Å². The van der Waals surface area contributed by atoms with Gasteiger partial charge in [-0.3, -0.25) is 0 Å². The lowest BCUT2D eigenvalue weighted by Gasteiger charge is -2.24. The third-order valence-electron chi connectivity index (χ3n) is 4.02. The molecule has 1 aliphatic rings. The van der Waals surface area contributed by atoms with Crippen LogP contribution in [0.4, 0.5) is 5.69 Å². The molecule has 0 amide bonds. The molecule has 0 bridgehead atoms. The van der Waals surface area contributed by atoms with Gasteiger partial charge >= 0.3 is 5.97 Å². The molecule has 2 atom stereocenters. The van der Waals surface area contributed by atoms with Crippen molar-refractivity contribution in [1.29, 1.82) is 0 Å². The molecule has 0 radical (unpaired) electrons. The maximum atomic E-state index is 13.1. The van der Waals surface area contributed by atoms with Gasteiger partial charge in [0.1, 0.15) is 6.61 Å². The Morgan fingerprint density at radius 3 is 2.62 bits per heavy atom. The normalized spacial score (nSPS) is 17.4. The van der Waals surface area contributed by atoms with E-state index in [9.17, 15) is 13.2 Å². The summed E-state index contributed by atoms with van der Waals surface area (Å²) in [6.45, 7) is -0.736. The lowest BCUT2D eigenvalue weighted by atomic mass is 10.1. The first-order valence-electron chi connectivity index (χ1n) is 7.66. The smallest absolute Gasteiger partial charge is 0.329 e. The molecule has 0 spiro atoms. The summed E-state index contributed by atoms with van der Waals surface area (Å²) in [5.41, 5.74) is 0.333. The van der Waals surface area contributed by atoms with Crippen molar-refractivity contribution in [1.82, 2.24) is 0 Å². The third-order valence-corrected chi connectivity index (χ3v) is 6.75. The van der Waals surface area contributed by atoms with Crippen LogP contribution in [-0.4, -0.2) is 37.6 Å². The fourth-order valence-corrected chi connectivity index (χ4v) is 4.87. The van der Waals surface area contributed by atoms with Crippen LogP contribution < -0.4 is 5.32 Å². The highest BCUT2D eigenvalue weighted by Crippen LogP contribution is 2.33. The van der Waals surface area contributed by atoms with Crippen molar-refractivity contribution >= 4 is 44.7 Å². The molecule has 0 aromatic heterocycles. The number of benzene rings is 2. The van der Waals surface area contributed by atoms with Crippen LogP contribution in [-0.2, 0) is 25.8 Å². The van der Waals surface area contributed by atoms with Gasteiger partial charge in [0.25, 0.3) is 0 Å². The van der Waals surface area contributed by atoms with Crippen molar-refractivity contribution < 1.29 is 23.1 Å². The van der Waals surface area contributed by atoms with E-state index in [1.54, 1.807) is 0 Å². The van der Waals surface area contributed by atoms with Gasteiger partial charge in [-0.2, -0.15) is 0 Å². The first kappa shape index (κ1) is 19.0. The van der Waals surface area contributed by atoms with Gasteiger partial charge in [-0.05, 0) is 36.2 Å². The molecular formula is C17H15Cl2NO5S. The number of nitrogens with one attached hydrogen (secondary N) is 1. The van der Waals surface area contributed by atoms with Crippen molar-refractivity contribution in [3.05, 3.63) is 58.1 Å². The van der Waals surface area contributed by atoms with Gasteiger partial charge in [0.2, 0.25) is 9.84 Å². The number of carboxylic acid groups (broad SMARTS) is 1. The second-order valence-electron chi connectivity index (χ2n) is 5.81. The molecule has 2 N–H and O–H groups in total. The molecule has 3 rings (SSSR count). The Bertz CT molecular complexity index is 923. The van der Waals surface area contributed by atoms with Crippen molar-refractivity contribution in [2.45, 2.75) is 22.8 Å². The summed E-state index contributed by atoms with van der Waals surface area (Å²) in [6.07, 6.45) is 0.390. The highest BCUT2D eigenvalue weighted by molar-refractivity contribution is 7.92. The predicted octanol–water partition coefficient (Wildman–Crippen LogP) is 3.23. The predicted molar refractivity (Wildman–Crippen MR) is 98.6 cm³/mol. The molecule has 1 aliphatic heterocycles. The van der Waals surface area contributed by atoms with E-state index in [0.29, 0.717) is 6.42 Å². The molecule has 1 heterocycles. The quantitative estimate of drug-likeness (QED) is 0.751. The lowest BCUT2D eigenvalue weighted by molar-refractivity contribution is -0.143. The molecule has 0 saturated heterocycles.